The fraction of sp³-hybridized carbons (Fsp3) is 0.333. The van der Waals surface area contributed by atoms with E-state index in [-0.39, 0.29) is 0 Å². The Hall–Kier alpha value is -1.42. The first kappa shape index (κ1) is 14.0. The van der Waals surface area contributed by atoms with E-state index in [0.29, 0.717) is 0 Å². The summed E-state index contributed by atoms with van der Waals surface area (Å²) in [5.41, 5.74) is 2.13. The van der Waals surface area contributed by atoms with Gasteiger partial charge in [-0.3, -0.25) is 0 Å². The summed E-state index contributed by atoms with van der Waals surface area (Å²) >= 11 is 3.44. The molecular weight excluding hydrogens is 302 g/mol. The summed E-state index contributed by atoms with van der Waals surface area (Å²) in [5.74, 6) is 1.69. The average molecular weight is 320 g/mol. The molecule has 0 aliphatic carbocycles. The molecule has 4 heteroatoms. The zero-order valence-electron chi connectivity index (χ0n) is 11.3. The predicted molar refractivity (Wildman–Crippen MR) is 83.3 cm³/mol. The van der Waals surface area contributed by atoms with Gasteiger partial charge in [0.05, 0.1) is 0 Å². The number of rotatable bonds is 5. The SMILES string of the molecule is CCCc1cc(NCC)nc(-c2ccc(Br)cc2)n1. The second-order valence-electron chi connectivity index (χ2n) is 4.36. The van der Waals surface area contributed by atoms with E-state index in [1.165, 1.54) is 0 Å². The molecule has 0 fully saturated rings. The quantitative estimate of drug-likeness (QED) is 0.893. The Balaban J connectivity index is 2.40. The van der Waals surface area contributed by atoms with Gasteiger partial charge in [-0.05, 0) is 25.5 Å². The van der Waals surface area contributed by atoms with E-state index < -0.39 is 0 Å². The first-order valence-corrected chi connectivity index (χ1v) is 7.40. The molecule has 1 aromatic carbocycles. The minimum Gasteiger partial charge on any atom is -0.370 e. The first-order chi connectivity index (χ1) is 9.22. The van der Waals surface area contributed by atoms with E-state index in [9.17, 15) is 0 Å². The van der Waals surface area contributed by atoms with Crippen molar-refractivity contribution in [2.24, 2.45) is 0 Å². The van der Waals surface area contributed by atoms with E-state index in [1.807, 2.05) is 30.3 Å². The van der Waals surface area contributed by atoms with Gasteiger partial charge in [0.25, 0.3) is 0 Å². The van der Waals surface area contributed by atoms with E-state index >= 15 is 0 Å². The number of nitrogens with one attached hydrogen (secondary N) is 1. The van der Waals surface area contributed by atoms with Crippen LogP contribution in [0.25, 0.3) is 11.4 Å². The molecule has 2 rings (SSSR count). The van der Waals surface area contributed by atoms with Crippen LogP contribution in [0.4, 0.5) is 5.82 Å². The highest BCUT2D eigenvalue weighted by Gasteiger charge is 2.06. The number of nitrogens with zero attached hydrogens (tertiary/aromatic N) is 2. The number of anilines is 1. The van der Waals surface area contributed by atoms with Gasteiger partial charge in [0, 0.05) is 28.3 Å². The number of aromatic nitrogens is 2. The van der Waals surface area contributed by atoms with Crippen LogP contribution >= 0.6 is 15.9 Å². The maximum Gasteiger partial charge on any atom is 0.161 e. The molecule has 3 nitrogen and oxygen atoms in total. The molecule has 0 saturated carbocycles. The van der Waals surface area contributed by atoms with Gasteiger partial charge in [-0.2, -0.15) is 0 Å². The third kappa shape index (κ3) is 3.77. The Morgan fingerprint density at radius 2 is 1.84 bits per heavy atom. The summed E-state index contributed by atoms with van der Waals surface area (Å²) in [6, 6.07) is 10.1. The lowest BCUT2D eigenvalue weighted by molar-refractivity contribution is 0.875. The Labute approximate surface area is 122 Å². The van der Waals surface area contributed by atoms with Gasteiger partial charge in [-0.15, -0.1) is 0 Å². The van der Waals surface area contributed by atoms with Crippen LogP contribution in [0.5, 0.6) is 0 Å². The lowest BCUT2D eigenvalue weighted by Gasteiger charge is -2.08. The monoisotopic (exact) mass is 319 g/mol. The third-order valence-electron chi connectivity index (χ3n) is 2.75. The summed E-state index contributed by atoms with van der Waals surface area (Å²) in [6.07, 6.45) is 2.06. The van der Waals surface area contributed by atoms with Crippen LogP contribution in [0.3, 0.4) is 0 Å². The first-order valence-electron chi connectivity index (χ1n) is 6.60. The number of halogens is 1. The molecule has 0 aliphatic rings. The fourth-order valence-electron chi connectivity index (χ4n) is 1.88. The molecular formula is C15H18BrN3. The smallest absolute Gasteiger partial charge is 0.161 e. The molecule has 0 saturated heterocycles. The third-order valence-corrected chi connectivity index (χ3v) is 3.27. The van der Waals surface area contributed by atoms with Gasteiger partial charge < -0.3 is 5.32 Å². The molecule has 19 heavy (non-hydrogen) atoms. The Kier molecular flexibility index (Phi) is 4.91. The van der Waals surface area contributed by atoms with Crippen LogP contribution in [-0.2, 0) is 6.42 Å². The lowest BCUT2D eigenvalue weighted by atomic mass is 10.2. The van der Waals surface area contributed by atoms with E-state index in [4.69, 9.17) is 0 Å². The van der Waals surface area contributed by atoms with Gasteiger partial charge in [-0.25, -0.2) is 9.97 Å². The van der Waals surface area contributed by atoms with Crippen LogP contribution in [0.2, 0.25) is 0 Å². The average Bonchev–Trinajstić information content (AvgIpc) is 2.40. The van der Waals surface area contributed by atoms with Gasteiger partial charge in [0.15, 0.2) is 5.82 Å². The van der Waals surface area contributed by atoms with Crippen molar-refractivity contribution in [3.63, 3.8) is 0 Å². The lowest BCUT2D eigenvalue weighted by Crippen LogP contribution is -2.04. The topological polar surface area (TPSA) is 37.8 Å². The highest BCUT2D eigenvalue weighted by molar-refractivity contribution is 9.10. The van der Waals surface area contributed by atoms with Crippen molar-refractivity contribution < 1.29 is 0 Å². The summed E-state index contributed by atoms with van der Waals surface area (Å²) in [4.78, 5) is 9.21. The van der Waals surface area contributed by atoms with Gasteiger partial charge in [0.2, 0.25) is 0 Å². The molecule has 0 bridgehead atoms. The number of aryl methyl sites for hydroxylation is 1. The zero-order valence-corrected chi connectivity index (χ0v) is 12.9. The molecule has 1 aromatic heterocycles. The van der Waals surface area contributed by atoms with Crippen LogP contribution < -0.4 is 5.32 Å². The van der Waals surface area contributed by atoms with E-state index in [0.717, 1.165) is 46.8 Å². The van der Waals surface area contributed by atoms with Crippen LogP contribution in [0, 0.1) is 0 Å². The van der Waals surface area contributed by atoms with Crippen molar-refractivity contribution in [1.29, 1.82) is 0 Å². The zero-order chi connectivity index (χ0) is 13.7. The summed E-state index contributed by atoms with van der Waals surface area (Å²) in [5, 5.41) is 3.27. The van der Waals surface area contributed by atoms with Gasteiger partial charge in [0.1, 0.15) is 5.82 Å². The summed E-state index contributed by atoms with van der Waals surface area (Å²) in [6.45, 7) is 5.09. The highest BCUT2D eigenvalue weighted by atomic mass is 79.9. The normalized spacial score (nSPS) is 10.5. The molecule has 2 aromatic rings. The minimum atomic E-state index is 0.786. The minimum absolute atomic E-state index is 0.786. The Bertz CT molecular complexity index is 513. The molecule has 100 valence electrons. The fourth-order valence-corrected chi connectivity index (χ4v) is 2.15. The summed E-state index contributed by atoms with van der Waals surface area (Å²) < 4.78 is 1.06. The molecule has 0 radical (unpaired) electrons. The van der Waals surface area contributed by atoms with E-state index in [2.05, 4.69) is 45.1 Å². The molecule has 0 atom stereocenters. The molecule has 0 aliphatic heterocycles. The van der Waals surface area contributed by atoms with Crippen LogP contribution in [0.1, 0.15) is 26.0 Å². The van der Waals surface area contributed by atoms with Crippen molar-refractivity contribution in [1.82, 2.24) is 9.97 Å². The van der Waals surface area contributed by atoms with Crippen molar-refractivity contribution in [3.05, 3.63) is 40.5 Å². The molecule has 1 N–H and O–H groups in total. The second-order valence-corrected chi connectivity index (χ2v) is 5.27. The van der Waals surface area contributed by atoms with Gasteiger partial charge >= 0.3 is 0 Å². The Morgan fingerprint density at radius 3 is 2.47 bits per heavy atom. The molecule has 0 amide bonds. The maximum absolute atomic E-state index is 4.64. The highest BCUT2D eigenvalue weighted by Crippen LogP contribution is 2.21. The van der Waals surface area contributed by atoms with E-state index in [1.54, 1.807) is 0 Å². The van der Waals surface area contributed by atoms with Gasteiger partial charge in [-0.1, -0.05) is 41.4 Å². The summed E-state index contributed by atoms with van der Waals surface area (Å²) in [7, 11) is 0. The number of hydrogen-bond donors (Lipinski definition) is 1. The second kappa shape index (κ2) is 6.66. The predicted octanol–water partition coefficient (Wildman–Crippen LogP) is 4.29. The molecule has 1 heterocycles. The maximum atomic E-state index is 4.64. The number of hydrogen-bond acceptors (Lipinski definition) is 3. The van der Waals surface area contributed by atoms with Crippen molar-refractivity contribution >= 4 is 21.7 Å². The largest absolute Gasteiger partial charge is 0.370 e. The molecule has 0 unspecified atom stereocenters. The van der Waals surface area contributed by atoms with Crippen molar-refractivity contribution in [2.75, 3.05) is 11.9 Å². The van der Waals surface area contributed by atoms with Crippen molar-refractivity contribution in [2.45, 2.75) is 26.7 Å². The Morgan fingerprint density at radius 1 is 1.11 bits per heavy atom. The standard InChI is InChI=1S/C15H18BrN3/c1-3-5-13-10-14(17-4-2)19-15(18-13)11-6-8-12(16)9-7-11/h6-10H,3-5H2,1-2H3,(H,17,18,19). The molecule has 0 spiro atoms. The number of benzene rings is 1. The van der Waals surface area contributed by atoms with Crippen molar-refractivity contribution in [3.8, 4) is 11.4 Å². The van der Waals surface area contributed by atoms with Crippen LogP contribution in [0.15, 0.2) is 34.8 Å². The van der Waals surface area contributed by atoms with Crippen LogP contribution in [-0.4, -0.2) is 16.5 Å².